The monoisotopic (exact) mass is 470 g/mol. The Hall–Kier alpha value is -2.62. The lowest BCUT2D eigenvalue weighted by Gasteiger charge is -2.39. The van der Waals surface area contributed by atoms with Crippen LogP contribution < -0.4 is 4.74 Å². The molecule has 2 aliphatic heterocycles. The zero-order valence-corrected chi connectivity index (χ0v) is 18.4. The number of carbonyl (C=O) groups excluding carboxylic acids is 1. The van der Waals surface area contributed by atoms with Gasteiger partial charge in [0.25, 0.3) is 0 Å². The Bertz CT molecular complexity index is 836. The Morgan fingerprint density at radius 1 is 1.27 bits per heavy atom. The summed E-state index contributed by atoms with van der Waals surface area (Å²) >= 11 is 0. The van der Waals surface area contributed by atoms with E-state index in [0.717, 1.165) is 69.5 Å². The van der Waals surface area contributed by atoms with Crippen LogP contribution >= 0.6 is 0 Å². The molecule has 1 aromatic rings. The first-order valence-corrected chi connectivity index (χ1v) is 11.1. The minimum absolute atomic E-state index is 0.138. The fourth-order valence-corrected chi connectivity index (χ4v) is 4.39. The van der Waals surface area contributed by atoms with Crippen LogP contribution in [0.1, 0.15) is 44.9 Å². The smallest absolute Gasteiger partial charge is 0.489 e. The van der Waals surface area contributed by atoms with E-state index in [2.05, 4.69) is 16.0 Å². The molecule has 1 aliphatic carbocycles. The second-order valence-corrected chi connectivity index (χ2v) is 8.71. The molecule has 1 aromatic heterocycles. The number of pyridine rings is 1. The number of hydrogen-bond acceptors (Lipinski definition) is 5. The number of likely N-dealkylation sites (tertiary alicyclic amines) is 1. The number of hydrogen-bond donors (Lipinski definition) is 1. The standard InChI is InChI=1S/C21H28N2O3.C2HF3O2/c24-20(17-5-2-1-3-6-17)23-11-8-21(9-12-23)13-19(26-16-21)15-25-18-7-4-10-22-14-18;3-2(4,5)1(6)7/h4-5,7,10,14,19H,1-3,6,8-9,11-13,15-16H2;(H,6,7). The Kier molecular flexibility index (Phi) is 8.34. The van der Waals surface area contributed by atoms with Gasteiger partial charge in [0.05, 0.1) is 18.9 Å². The lowest BCUT2D eigenvalue weighted by Crippen LogP contribution is -2.44. The van der Waals surface area contributed by atoms with Crippen LogP contribution in [0, 0.1) is 5.41 Å². The zero-order chi connectivity index (χ0) is 23.9. The average molecular weight is 470 g/mol. The molecule has 1 N–H and O–H groups in total. The third-order valence-corrected chi connectivity index (χ3v) is 6.28. The lowest BCUT2D eigenvalue weighted by atomic mass is 9.76. The van der Waals surface area contributed by atoms with Gasteiger partial charge in [-0.3, -0.25) is 9.78 Å². The highest BCUT2D eigenvalue weighted by Crippen LogP contribution is 2.42. The van der Waals surface area contributed by atoms with Crippen LogP contribution in [0.4, 0.5) is 13.2 Å². The van der Waals surface area contributed by atoms with E-state index in [4.69, 9.17) is 19.4 Å². The summed E-state index contributed by atoms with van der Waals surface area (Å²) in [4.78, 5) is 27.7. The number of amides is 1. The van der Waals surface area contributed by atoms with Gasteiger partial charge in [-0.1, -0.05) is 6.08 Å². The number of allylic oxidation sites excluding steroid dienone is 1. The van der Waals surface area contributed by atoms with Gasteiger partial charge in [0.15, 0.2) is 0 Å². The first kappa shape index (κ1) is 25.0. The molecule has 0 radical (unpaired) electrons. The number of carboxylic acids is 1. The molecule has 4 rings (SSSR count). The maximum Gasteiger partial charge on any atom is 0.490 e. The van der Waals surface area contributed by atoms with Gasteiger partial charge in [0.2, 0.25) is 5.91 Å². The average Bonchev–Trinajstić information content (AvgIpc) is 3.21. The number of aromatic nitrogens is 1. The Labute approximate surface area is 190 Å². The molecule has 2 fully saturated rings. The molecule has 1 unspecified atom stereocenters. The number of halogens is 3. The van der Waals surface area contributed by atoms with Gasteiger partial charge < -0.3 is 19.5 Å². The molecule has 1 spiro atoms. The van der Waals surface area contributed by atoms with Crippen LogP contribution in [-0.4, -0.2) is 65.5 Å². The molecule has 2 saturated heterocycles. The number of piperidine rings is 1. The van der Waals surface area contributed by atoms with Crippen LogP contribution in [0.25, 0.3) is 0 Å². The van der Waals surface area contributed by atoms with E-state index in [1.54, 1.807) is 12.4 Å². The van der Waals surface area contributed by atoms with Crippen molar-refractivity contribution in [1.82, 2.24) is 9.88 Å². The van der Waals surface area contributed by atoms with Crippen LogP contribution in [0.5, 0.6) is 5.75 Å². The fraction of sp³-hybridized carbons (Fsp3) is 0.609. The van der Waals surface area contributed by atoms with Gasteiger partial charge in [-0.2, -0.15) is 13.2 Å². The van der Waals surface area contributed by atoms with E-state index >= 15 is 0 Å². The summed E-state index contributed by atoms with van der Waals surface area (Å²) in [5.74, 6) is -1.69. The van der Waals surface area contributed by atoms with Gasteiger partial charge >= 0.3 is 12.1 Å². The number of alkyl halides is 3. The molecule has 7 nitrogen and oxygen atoms in total. The van der Waals surface area contributed by atoms with Crippen LogP contribution in [0.2, 0.25) is 0 Å². The summed E-state index contributed by atoms with van der Waals surface area (Å²) in [6.07, 6.45) is 8.17. The SMILES string of the molecule is O=C(C1=CCCCC1)N1CCC2(CC1)COC(COc1cccnc1)C2.O=C(O)C(F)(F)F. The van der Waals surface area contributed by atoms with Gasteiger partial charge in [-0.15, -0.1) is 0 Å². The Morgan fingerprint density at radius 3 is 2.58 bits per heavy atom. The van der Waals surface area contributed by atoms with Crippen molar-refractivity contribution in [3.63, 3.8) is 0 Å². The molecule has 182 valence electrons. The fourth-order valence-electron chi connectivity index (χ4n) is 4.39. The van der Waals surface area contributed by atoms with Crippen molar-refractivity contribution in [2.45, 2.75) is 57.2 Å². The second kappa shape index (κ2) is 11.0. The first-order chi connectivity index (χ1) is 15.7. The highest BCUT2D eigenvalue weighted by atomic mass is 19.4. The topological polar surface area (TPSA) is 89.0 Å². The summed E-state index contributed by atoms with van der Waals surface area (Å²) in [6.45, 7) is 3.08. The third kappa shape index (κ3) is 7.18. The quantitative estimate of drug-likeness (QED) is 0.716. The summed E-state index contributed by atoms with van der Waals surface area (Å²) in [6, 6.07) is 3.79. The number of rotatable bonds is 4. The largest absolute Gasteiger partial charge is 0.490 e. The van der Waals surface area contributed by atoms with Crippen molar-refractivity contribution in [1.29, 1.82) is 0 Å². The maximum atomic E-state index is 12.7. The number of carbonyl (C=O) groups is 2. The molecule has 3 heterocycles. The van der Waals surface area contributed by atoms with Crippen LogP contribution in [-0.2, 0) is 14.3 Å². The van der Waals surface area contributed by atoms with Gasteiger partial charge in [0.1, 0.15) is 12.4 Å². The number of carboxylic acid groups (broad SMARTS) is 1. The molecule has 1 amide bonds. The van der Waals surface area contributed by atoms with E-state index in [1.807, 2.05) is 12.1 Å². The van der Waals surface area contributed by atoms with Crippen molar-refractivity contribution in [2.24, 2.45) is 5.41 Å². The molecule has 10 heteroatoms. The second-order valence-electron chi connectivity index (χ2n) is 8.71. The minimum atomic E-state index is -5.08. The summed E-state index contributed by atoms with van der Waals surface area (Å²) in [5.41, 5.74) is 1.26. The molecule has 0 aromatic carbocycles. The van der Waals surface area contributed by atoms with Crippen molar-refractivity contribution < 1.29 is 37.3 Å². The molecule has 0 bridgehead atoms. The van der Waals surface area contributed by atoms with Crippen molar-refractivity contribution >= 4 is 11.9 Å². The number of ether oxygens (including phenoxy) is 2. The normalized spacial score (nSPS) is 22.2. The van der Waals surface area contributed by atoms with Crippen molar-refractivity contribution in [3.8, 4) is 5.75 Å². The van der Waals surface area contributed by atoms with E-state index < -0.39 is 12.1 Å². The van der Waals surface area contributed by atoms with E-state index in [-0.39, 0.29) is 17.4 Å². The number of nitrogens with zero attached hydrogens (tertiary/aromatic N) is 2. The molecule has 1 atom stereocenters. The summed E-state index contributed by atoms with van der Waals surface area (Å²) < 4.78 is 43.6. The summed E-state index contributed by atoms with van der Waals surface area (Å²) in [5, 5.41) is 7.12. The maximum absolute atomic E-state index is 12.7. The third-order valence-electron chi connectivity index (χ3n) is 6.28. The zero-order valence-electron chi connectivity index (χ0n) is 18.4. The van der Waals surface area contributed by atoms with E-state index in [9.17, 15) is 18.0 Å². The van der Waals surface area contributed by atoms with Crippen LogP contribution in [0.3, 0.4) is 0 Å². The lowest BCUT2D eigenvalue weighted by molar-refractivity contribution is -0.192. The van der Waals surface area contributed by atoms with E-state index in [1.165, 1.54) is 6.42 Å². The molecule has 0 saturated carbocycles. The first-order valence-electron chi connectivity index (χ1n) is 11.1. The minimum Gasteiger partial charge on any atom is -0.489 e. The molecular weight excluding hydrogens is 441 g/mol. The Morgan fingerprint density at radius 2 is 2.00 bits per heavy atom. The molecule has 33 heavy (non-hydrogen) atoms. The van der Waals surface area contributed by atoms with Gasteiger partial charge in [-0.25, -0.2) is 4.79 Å². The summed E-state index contributed by atoms with van der Waals surface area (Å²) in [7, 11) is 0. The molecule has 3 aliphatic rings. The Balaban J connectivity index is 0.000000383. The van der Waals surface area contributed by atoms with Crippen molar-refractivity contribution in [3.05, 3.63) is 36.2 Å². The highest BCUT2D eigenvalue weighted by molar-refractivity contribution is 5.93. The van der Waals surface area contributed by atoms with Crippen LogP contribution in [0.15, 0.2) is 36.2 Å². The molecular formula is C23H29F3N2O5. The van der Waals surface area contributed by atoms with Gasteiger partial charge in [-0.05, 0) is 62.5 Å². The van der Waals surface area contributed by atoms with Gasteiger partial charge in [0, 0.05) is 24.9 Å². The van der Waals surface area contributed by atoms with E-state index in [0.29, 0.717) is 6.61 Å². The number of aliphatic carboxylic acids is 1. The predicted octanol–water partition coefficient (Wildman–Crippen LogP) is 3.99. The highest BCUT2D eigenvalue weighted by Gasteiger charge is 2.43. The predicted molar refractivity (Wildman–Crippen MR) is 113 cm³/mol. The van der Waals surface area contributed by atoms with Crippen molar-refractivity contribution in [2.75, 3.05) is 26.3 Å².